The topological polar surface area (TPSA) is 32.8 Å². The lowest BCUT2D eigenvalue weighted by atomic mass is 10.1. The minimum absolute atomic E-state index is 0.350. The Kier molecular flexibility index (Phi) is 4.62. The van der Waals surface area contributed by atoms with Crippen molar-refractivity contribution in [1.82, 2.24) is 0 Å². The van der Waals surface area contributed by atoms with Gasteiger partial charge in [-0.15, -0.1) is 0 Å². The molecule has 1 aliphatic heterocycles. The predicted octanol–water partition coefficient (Wildman–Crippen LogP) is 2.11. The highest BCUT2D eigenvalue weighted by Crippen LogP contribution is 2.26. The predicted molar refractivity (Wildman–Crippen MR) is 49.1 cm³/mol. The van der Waals surface area contributed by atoms with E-state index in [0.29, 0.717) is 18.8 Å². The van der Waals surface area contributed by atoms with E-state index in [1.165, 1.54) is 32.1 Å². The number of epoxide rings is 1. The van der Waals surface area contributed by atoms with Crippen molar-refractivity contribution in [1.29, 1.82) is 0 Å². The number of ether oxygens (including phenoxy) is 1. The van der Waals surface area contributed by atoms with E-state index in [1.807, 2.05) is 0 Å². The summed E-state index contributed by atoms with van der Waals surface area (Å²) in [6.07, 6.45) is 8.34. The van der Waals surface area contributed by atoms with Gasteiger partial charge in [0, 0.05) is 6.61 Å². The summed E-state index contributed by atoms with van der Waals surface area (Å²) in [5.41, 5.74) is 0. The van der Waals surface area contributed by atoms with Gasteiger partial charge in [-0.25, -0.2) is 0 Å². The van der Waals surface area contributed by atoms with Crippen LogP contribution < -0.4 is 0 Å². The molecule has 2 heteroatoms. The average Bonchev–Trinajstić information content (AvgIpc) is 2.74. The molecule has 0 bridgehead atoms. The van der Waals surface area contributed by atoms with Gasteiger partial charge in [-0.3, -0.25) is 0 Å². The first kappa shape index (κ1) is 10.0. The molecule has 1 fully saturated rings. The lowest BCUT2D eigenvalue weighted by Crippen LogP contribution is -1.90. The lowest BCUT2D eigenvalue weighted by molar-refractivity contribution is 0.282. The molecule has 0 radical (unpaired) electrons. The molecule has 2 nitrogen and oxygen atoms in total. The number of aliphatic hydroxyl groups excluding tert-OH is 1. The maximum Gasteiger partial charge on any atom is 0.0839 e. The first-order chi connectivity index (χ1) is 5.84. The SMILES string of the molecule is CC1OC1CCCCCCCO. The third kappa shape index (κ3) is 4.07. The summed E-state index contributed by atoms with van der Waals surface area (Å²) in [5.74, 6) is 0. The highest BCUT2D eigenvalue weighted by Gasteiger charge is 2.32. The van der Waals surface area contributed by atoms with E-state index in [0.717, 1.165) is 6.42 Å². The van der Waals surface area contributed by atoms with Crippen LogP contribution in [0, 0.1) is 0 Å². The molecule has 0 amide bonds. The van der Waals surface area contributed by atoms with Gasteiger partial charge in [0.15, 0.2) is 0 Å². The molecular formula is C10H20O2. The Morgan fingerprint density at radius 3 is 2.25 bits per heavy atom. The molecule has 0 spiro atoms. The largest absolute Gasteiger partial charge is 0.396 e. The van der Waals surface area contributed by atoms with E-state index < -0.39 is 0 Å². The zero-order valence-electron chi connectivity index (χ0n) is 7.96. The Morgan fingerprint density at radius 1 is 1.08 bits per heavy atom. The van der Waals surface area contributed by atoms with Crippen LogP contribution in [0.2, 0.25) is 0 Å². The minimum atomic E-state index is 0.350. The zero-order valence-corrected chi connectivity index (χ0v) is 7.96. The molecule has 1 N–H and O–H groups in total. The first-order valence-electron chi connectivity index (χ1n) is 5.11. The van der Waals surface area contributed by atoms with Crippen molar-refractivity contribution in [3.63, 3.8) is 0 Å². The van der Waals surface area contributed by atoms with E-state index in [9.17, 15) is 0 Å². The van der Waals surface area contributed by atoms with E-state index in [4.69, 9.17) is 9.84 Å². The summed E-state index contributed by atoms with van der Waals surface area (Å²) in [6.45, 7) is 2.49. The van der Waals surface area contributed by atoms with Crippen LogP contribution in [-0.4, -0.2) is 23.9 Å². The normalized spacial score (nSPS) is 27.5. The van der Waals surface area contributed by atoms with Crippen LogP contribution in [-0.2, 0) is 4.74 Å². The van der Waals surface area contributed by atoms with Crippen molar-refractivity contribution < 1.29 is 9.84 Å². The third-order valence-electron chi connectivity index (χ3n) is 2.48. The molecule has 12 heavy (non-hydrogen) atoms. The fourth-order valence-electron chi connectivity index (χ4n) is 1.52. The summed E-state index contributed by atoms with van der Waals surface area (Å²) in [5, 5.41) is 8.54. The maximum atomic E-state index is 8.54. The Bertz CT molecular complexity index is 114. The van der Waals surface area contributed by atoms with Crippen LogP contribution in [0.5, 0.6) is 0 Å². The fraction of sp³-hybridized carbons (Fsp3) is 1.00. The molecule has 1 saturated heterocycles. The summed E-state index contributed by atoms with van der Waals surface area (Å²) in [7, 11) is 0. The van der Waals surface area contributed by atoms with Gasteiger partial charge in [0.2, 0.25) is 0 Å². The van der Waals surface area contributed by atoms with Crippen LogP contribution >= 0.6 is 0 Å². The first-order valence-corrected chi connectivity index (χ1v) is 5.11. The fourth-order valence-corrected chi connectivity index (χ4v) is 1.52. The molecule has 1 rings (SSSR count). The number of rotatable bonds is 7. The minimum Gasteiger partial charge on any atom is -0.396 e. The van der Waals surface area contributed by atoms with Crippen LogP contribution in [0.25, 0.3) is 0 Å². The molecule has 0 saturated carbocycles. The van der Waals surface area contributed by atoms with Gasteiger partial charge >= 0.3 is 0 Å². The molecule has 0 aliphatic carbocycles. The number of aliphatic hydroxyl groups is 1. The Labute approximate surface area is 74.9 Å². The van der Waals surface area contributed by atoms with Crippen molar-refractivity contribution in [3.8, 4) is 0 Å². The molecule has 1 aliphatic rings. The molecular weight excluding hydrogens is 152 g/mol. The van der Waals surface area contributed by atoms with Crippen LogP contribution in [0.1, 0.15) is 45.4 Å². The van der Waals surface area contributed by atoms with Gasteiger partial charge in [0.25, 0.3) is 0 Å². The van der Waals surface area contributed by atoms with Crippen LogP contribution in [0.15, 0.2) is 0 Å². The van der Waals surface area contributed by atoms with Gasteiger partial charge in [0.05, 0.1) is 12.2 Å². The highest BCUT2D eigenvalue weighted by molar-refractivity contribution is 4.79. The van der Waals surface area contributed by atoms with Gasteiger partial charge in [-0.05, 0) is 19.8 Å². The lowest BCUT2D eigenvalue weighted by Gasteiger charge is -1.97. The second-order valence-corrected chi connectivity index (χ2v) is 3.66. The molecule has 0 aromatic heterocycles. The molecule has 0 aromatic rings. The van der Waals surface area contributed by atoms with Gasteiger partial charge in [-0.2, -0.15) is 0 Å². The monoisotopic (exact) mass is 172 g/mol. The molecule has 72 valence electrons. The van der Waals surface area contributed by atoms with Crippen LogP contribution in [0.4, 0.5) is 0 Å². The molecule has 0 aromatic carbocycles. The van der Waals surface area contributed by atoms with E-state index in [1.54, 1.807) is 0 Å². The van der Waals surface area contributed by atoms with E-state index in [-0.39, 0.29) is 0 Å². The molecule has 2 atom stereocenters. The van der Waals surface area contributed by atoms with Gasteiger partial charge in [-0.1, -0.05) is 25.7 Å². The van der Waals surface area contributed by atoms with Crippen molar-refractivity contribution in [3.05, 3.63) is 0 Å². The Hall–Kier alpha value is -0.0800. The number of hydrogen-bond donors (Lipinski definition) is 1. The number of unbranched alkanes of at least 4 members (excludes halogenated alkanes) is 4. The van der Waals surface area contributed by atoms with Crippen molar-refractivity contribution in [2.45, 2.75) is 57.7 Å². The highest BCUT2D eigenvalue weighted by atomic mass is 16.6. The van der Waals surface area contributed by atoms with Crippen LogP contribution in [0.3, 0.4) is 0 Å². The second-order valence-electron chi connectivity index (χ2n) is 3.66. The average molecular weight is 172 g/mol. The smallest absolute Gasteiger partial charge is 0.0839 e. The second kappa shape index (κ2) is 5.55. The van der Waals surface area contributed by atoms with Gasteiger partial charge < -0.3 is 9.84 Å². The Morgan fingerprint density at radius 2 is 1.67 bits per heavy atom. The van der Waals surface area contributed by atoms with Gasteiger partial charge in [0.1, 0.15) is 0 Å². The van der Waals surface area contributed by atoms with E-state index in [2.05, 4.69) is 6.92 Å². The molecule has 1 heterocycles. The van der Waals surface area contributed by atoms with E-state index >= 15 is 0 Å². The maximum absolute atomic E-state index is 8.54. The third-order valence-corrected chi connectivity index (χ3v) is 2.48. The summed E-state index contributed by atoms with van der Waals surface area (Å²) < 4.78 is 5.30. The van der Waals surface area contributed by atoms with Crippen molar-refractivity contribution in [2.75, 3.05) is 6.61 Å². The van der Waals surface area contributed by atoms with Crippen molar-refractivity contribution in [2.24, 2.45) is 0 Å². The zero-order chi connectivity index (χ0) is 8.81. The summed E-state index contributed by atoms with van der Waals surface area (Å²) >= 11 is 0. The summed E-state index contributed by atoms with van der Waals surface area (Å²) in [6, 6.07) is 0. The molecule has 2 unspecified atom stereocenters. The summed E-state index contributed by atoms with van der Waals surface area (Å²) in [4.78, 5) is 0. The Balaban J connectivity index is 1.72. The number of hydrogen-bond acceptors (Lipinski definition) is 2. The quantitative estimate of drug-likeness (QED) is 0.471. The van der Waals surface area contributed by atoms with Crippen molar-refractivity contribution >= 4 is 0 Å². The standard InChI is InChI=1S/C10H20O2/c1-9-10(12-9)7-5-3-2-4-6-8-11/h9-11H,2-8H2,1H3.